The molecule has 0 radical (unpaired) electrons. The van der Waals surface area contributed by atoms with Crippen LogP contribution >= 0.6 is 0 Å². The summed E-state index contributed by atoms with van der Waals surface area (Å²) < 4.78 is 25.1. The molecule has 0 atom stereocenters. The van der Waals surface area contributed by atoms with E-state index < -0.39 is 0 Å². The minimum atomic E-state index is -0.321. The Kier molecular flexibility index (Phi) is 7.07. The highest BCUT2D eigenvalue weighted by Gasteiger charge is 2.10. The normalized spacial score (nSPS) is 10.8. The van der Waals surface area contributed by atoms with Gasteiger partial charge in [-0.25, -0.2) is 4.39 Å². The topological polar surface area (TPSA) is 24.9 Å². The van der Waals surface area contributed by atoms with Crippen molar-refractivity contribution >= 4 is 5.69 Å². The fraction of sp³-hybridized carbons (Fsp3) is 0.400. The summed E-state index contributed by atoms with van der Waals surface area (Å²) >= 11 is 0. The molecular formula is C20H27FN2O2. The summed E-state index contributed by atoms with van der Waals surface area (Å²) in [6, 6.07) is 13.1. The van der Waals surface area contributed by atoms with Gasteiger partial charge < -0.3 is 19.3 Å². The summed E-state index contributed by atoms with van der Waals surface area (Å²) in [5, 5.41) is 0. The SMILES string of the molecule is CCN(Cc1ccc(OCCN(C)C)c(F)c1)c1cccc(OC)c1. The summed E-state index contributed by atoms with van der Waals surface area (Å²) in [5.41, 5.74) is 1.95. The fourth-order valence-corrected chi connectivity index (χ4v) is 2.51. The summed E-state index contributed by atoms with van der Waals surface area (Å²) in [4.78, 5) is 4.17. The van der Waals surface area contributed by atoms with Crippen LogP contribution in [-0.2, 0) is 6.54 Å². The van der Waals surface area contributed by atoms with E-state index in [0.29, 0.717) is 18.9 Å². The van der Waals surface area contributed by atoms with Crippen molar-refractivity contribution < 1.29 is 13.9 Å². The number of nitrogens with zero attached hydrogens (tertiary/aromatic N) is 2. The molecule has 4 nitrogen and oxygen atoms in total. The molecule has 0 fully saturated rings. The molecule has 0 aliphatic heterocycles. The van der Waals surface area contributed by atoms with Crippen molar-refractivity contribution in [1.82, 2.24) is 4.90 Å². The number of methoxy groups -OCH3 is 1. The molecule has 136 valence electrons. The lowest BCUT2D eigenvalue weighted by molar-refractivity contribution is 0.252. The van der Waals surface area contributed by atoms with E-state index in [1.807, 2.05) is 49.3 Å². The van der Waals surface area contributed by atoms with Crippen molar-refractivity contribution in [3.05, 3.63) is 53.8 Å². The van der Waals surface area contributed by atoms with Crippen LogP contribution in [-0.4, -0.2) is 45.8 Å². The zero-order valence-corrected chi connectivity index (χ0v) is 15.5. The first-order valence-corrected chi connectivity index (χ1v) is 8.48. The first-order chi connectivity index (χ1) is 12.0. The van der Waals surface area contributed by atoms with Crippen LogP contribution in [0.25, 0.3) is 0 Å². The van der Waals surface area contributed by atoms with Crippen LogP contribution in [0.3, 0.4) is 0 Å². The highest BCUT2D eigenvalue weighted by atomic mass is 19.1. The molecule has 0 aliphatic carbocycles. The third-order valence-corrected chi connectivity index (χ3v) is 3.97. The summed E-state index contributed by atoms with van der Waals surface area (Å²) in [7, 11) is 5.57. The monoisotopic (exact) mass is 346 g/mol. The molecule has 5 heteroatoms. The van der Waals surface area contributed by atoms with Gasteiger partial charge in [0.25, 0.3) is 0 Å². The predicted octanol–water partition coefficient (Wildman–Crippen LogP) is 3.80. The van der Waals surface area contributed by atoms with E-state index in [-0.39, 0.29) is 5.82 Å². The molecule has 0 unspecified atom stereocenters. The maximum absolute atomic E-state index is 14.3. The van der Waals surface area contributed by atoms with Crippen molar-refractivity contribution in [2.24, 2.45) is 0 Å². The molecule has 0 saturated carbocycles. The number of benzene rings is 2. The molecule has 2 rings (SSSR count). The third-order valence-electron chi connectivity index (χ3n) is 3.97. The zero-order chi connectivity index (χ0) is 18.2. The smallest absolute Gasteiger partial charge is 0.165 e. The molecule has 0 spiro atoms. The van der Waals surface area contributed by atoms with E-state index in [0.717, 1.165) is 30.1 Å². The van der Waals surface area contributed by atoms with Crippen LogP contribution in [0.4, 0.5) is 10.1 Å². The van der Waals surface area contributed by atoms with E-state index in [2.05, 4.69) is 11.8 Å². The number of hydrogen-bond donors (Lipinski definition) is 0. The van der Waals surface area contributed by atoms with E-state index in [4.69, 9.17) is 9.47 Å². The van der Waals surface area contributed by atoms with Crippen LogP contribution in [0, 0.1) is 5.82 Å². The Morgan fingerprint density at radius 2 is 1.88 bits per heavy atom. The Morgan fingerprint density at radius 1 is 1.08 bits per heavy atom. The van der Waals surface area contributed by atoms with E-state index in [9.17, 15) is 4.39 Å². The minimum absolute atomic E-state index is 0.301. The Labute approximate surface area is 149 Å². The Morgan fingerprint density at radius 3 is 2.52 bits per heavy atom. The number of rotatable bonds is 9. The molecule has 0 N–H and O–H groups in total. The van der Waals surface area contributed by atoms with E-state index in [1.54, 1.807) is 19.2 Å². The van der Waals surface area contributed by atoms with Gasteiger partial charge in [0.1, 0.15) is 12.4 Å². The van der Waals surface area contributed by atoms with Gasteiger partial charge in [0.05, 0.1) is 7.11 Å². The van der Waals surface area contributed by atoms with Crippen LogP contribution in [0.5, 0.6) is 11.5 Å². The number of halogens is 1. The predicted molar refractivity (Wildman–Crippen MR) is 100 cm³/mol. The van der Waals surface area contributed by atoms with Gasteiger partial charge in [-0.1, -0.05) is 12.1 Å². The largest absolute Gasteiger partial charge is 0.497 e. The van der Waals surface area contributed by atoms with Gasteiger partial charge in [-0.3, -0.25) is 0 Å². The number of likely N-dealkylation sites (N-methyl/N-ethyl adjacent to an activating group) is 1. The van der Waals surface area contributed by atoms with Gasteiger partial charge in [0, 0.05) is 31.4 Å². The van der Waals surface area contributed by atoms with Crippen molar-refractivity contribution in [1.29, 1.82) is 0 Å². The number of ether oxygens (including phenoxy) is 2. The van der Waals surface area contributed by atoms with Crippen LogP contribution in [0.2, 0.25) is 0 Å². The standard InChI is InChI=1S/C20H27FN2O2/c1-5-23(17-7-6-8-18(14-17)24-4)15-16-9-10-20(19(21)13-16)25-12-11-22(2)3/h6-10,13-14H,5,11-12,15H2,1-4H3. The summed E-state index contributed by atoms with van der Waals surface area (Å²) in [5.74, 6) is 0.791. The second-order valence-electron chi connectivity index (χ2n) is 6.13. The Hall–Kier alpha value is -2.27. The highest BCUT2D eigenvalue weighted by molar-refractivity contribution is 5.51. The molecule has 2 aromatic carbocycles. The first-order valence-electron chi connectivity index (χ1n) is 8.48. The maximum atomic E-state index is 14.3. The summed E-state index contributed by atoms with van der Waals surface area (Å²) in [6.45, 7) is 4.73. The molecule has 0 bridgehead atoms. The maximum Gasteiger partial charge on any atom is 0.165 e. The van der Waals surface area contributed by atoms with Gasteiger partial charge >= 0.3 is 0 Å². The average molecular weight is 346 g/mol. The lowest BCUT2D eigenvalue weighted by Gasteiger charge is -2.24. The third kappa shape index (κ3) is 5.64. The van der Waals surface area contributed by atoms with Crippen molar-refractivity contribution in [2.45, 2.75) is 13.5 Å². The quantitative estimate of drug-likeness (QED) is 0.689. The van der Waals surface area contributed by atoms with Gasteiger partial charge in [0.15, 0.2) is 11.6 Å². The average Bonchev–Trinajstić information content (AvgIpc) is 2.61. The lowest BCUT2D eigenvalue weighted by atomic mass is 10.1. The Balaban J connectivity index is 2.06. The lowest BCUT2D eigenvalue weighted by Crippen LogP contribution is -2.22. The second kappa shape index (κ2) is 9.28. The molecule has 0 saturated heterocycles. The molecule has 0 aromatic heterocycles. The van der Waals surface area contributed by atoms with Gasteiger partial charge in [0.2, 0.25) is 0 Å². The molecular weight excluding hydrogens is 319 g/mol. The fourth-order valence-electron chi connectivity index (χ4n) is 2.51. The first kappa shape index (κ1) is 19.1. The number of anilines is 1. The van der Waals surface area contributed by atoms with Crippen LogP contribution in [0.15, 0.2) is 42.5 Å². The Bertz CT molecular complexity index is 676. The summed E-state index contributed by atoms with van der Waals surface area (Å²) in [6.07, 6.45) is 0. The second-order valence-corrected chi connectivity index (χ2v) is 6.13. The van der Waals surface area contributed by atoms with Crippen LogP contribution in [0.1, 0.15) is 12.5 Å². The van der Waals surface area contributed by atoms with E-state index >= 15 is 0 Å². The zero-order valence-electron chi connectivity index (χ0n) is 15.5. The molecule has 25 heavy (non-hydrogen) atoms. The van der Waals surface area contributed by atoms with Gasteiger partial charge in [-0.15, -0.1) is 0 Å². The minimum Gasteiger partial charge on any atom is -0.497 e. The molecule has 0 aliphatic rings. The molecule has 0 amide bonds. The highest BCUT2D eigenvalue weighted by Crippen LogP contribution is 2.24. The van der Waals surface area contributed by atoms with Gasteiger partial charge in [-0.05, 0) is 50.8 Å². The molecule has 2 aromatic rings. The number of hydrogen-bond acceptors (Lipinski definition) is 4. The van der Waals surface area contributed by atoms with Crippen molar-refractivity contribution in [2.75, 3.05) is 45.8 Å². The molecule has 0 heterocycles. The van der Waals surface area contributed by atoms with Crippen molar-refractivity contribution in [3.63, 3.8) is 0 Å². The van der Waals surface area contributed by atoms with Crippen LogP contribution < -0.4 is 14.4 Å². The van der Waals surface area contributed by atoms with E-state index in [1.165, 1.54) is 0 Å². The van der Waals surface area contributed by atoms with Gasteiger partial charge in [-0.2, -0.15) is 0 Å². The van der Waals surface area contributed by atoms with Crippen molar-refractivity contribution in [3.8, 4) is 11.5 Å².